The van der Waals surface area contributed by atoms with Gasteiger partial charge in [0.05, 0.1) is 11.4 Å². The molecule has 12 heteroatoms. The molecule has 1 aliphatic rings. The van der Waals surface area contributed by atoms with Crippen molar-refractivity contribution in [2.45, 2.75) is 30.2 Å². The highest BCUT2D eigenvalue weighted by Crippen LogP contribution is 2.29. The molecule has 1 aliphatic heterocycles. The molecule has 4 aromatic rings. The van der Waals surface area contributed by atoms with Crippen LogP contribution in [0.2, 0.25) is 10.0 Å². The van der Waals surface area contributed by atoms with Gasteiger partial charge in [-0.15, -0.1) is 5.10 Å². The van der Waals surface area contributed by atoms with Crippen LogP contribution in [0.5, 0.6) is 0 Å². The lowest BCUT2D eigenvalue weighted by Crippen LogP contribution is -2.38. The van der Waals surface area contributed by atoms with Crippen LogP contribution in [0.3, 0.4) is 0 Å². The van der Waals surface area contributed by atoms with Crippen LogP contribution in [0.25, 0.3) is 11.2 Å². The Balaban J connectivity index is 1.40. The topological polar surface area (TPSA) is 114 Å². The Hall–Kier alpha value is -2.79. The van der Waals surface area contributed by atoms with Gasteiger partial charge in [-0.3, -0.25) is 4.79 Å². The van der Waals surface area contributed by atoms with Crippen LogP contribution in [-0.4, -0.2) is 50.8 Å². The minimum Gasteiger partial charge on any atom is -0.308 e. The van der Waals surface area contributed by atoms with E-state index in [0.29, 0.717) is 53.0 Å². The molecule has 0 spiro atoms. The molecule has 2 aromatic heterocycles. The van der Waals surface area contributed by atoms with Crippen molar-refractivity contribution in [3.63, 3.8) is 0 Å². The number of nitrogens with one attached hydrogen (secondary N) is 1. The largest absolute Gasteiger partial charge is 0.308 e. The first kappa shape index (κ1) is 23.0. The summed E-state index contributed by atoms with van der Waals surface area (Å²) in [4.78, 5) is 20.4. The van der Waals surface area contributed by atoms with Gasteiger partial charge in [-0.25, -0.2) is 18.1 Å². The maximum absolute atomic E-state index is 12.9. The Morgan fingerprint density at radius 2 is 1.68 bits per heavy atom. The zero-order valence-electron chi connectivity index (χ0n) is 17.9. The van der Waals surface area contributed by atoms with Crippen LogP contribution in [0, 0.1) is 0 Å². The molecule has 1 saturated heterocycles. The number of halogens is 2. The number of fused-ring (bicyclic) bond motifs is 1. The molecule has 2 aromatic carbocycles. The van der Waals surface area contributed by atoms with E-state index in [9.17, 15) is 13.2 Å². The highest BCUT2D eigenvalue weighted by Gasteiger charge is 2.31. The molecule has 34 heavy (non-hydrogen) atoms. The number of hydrogen-bond acceptors (Lipinski definition) is 6. The van der Waals surface area contributed by atoms with Crippen molar-refractivity contribution in [2.24, 2.45) is 0 Å². The smallest absolute Gasteiger partial charge is 0.281 e. The second-order valence-corrected chi connectivity index (χ2v) is 10.8. The van der Waals surface area contributed by atoms with Gasteiger partial charge in [0.2, 0.25) is 10.0 Å². The first-order valence-corrected chi connectivity index (χ1v) is 12.9. The highest BCUT2D eigenvalue weighted by atomic mass is 35.5. The summed E-state index contributed by atoms with van der Waals surface area (Å²) in [6.07, 6.45) is 1.05. The van der Waals surface area contributed by atoms with E-state index in [2.05, 4.69) is 20.3 Å². The normalized spacial score (nSPS) is 15.7. The lowest BCUT2D eigenvalue weighted by molar-refractivity contribution is 0.313. The first-order chi connectivity index (χ1) is 16.3. The SMILES string of the molecule is O=c1[nH]c(C2CCN(S(=O)(=O)c3ccccc3)CC2)nc2c1nnn2Cc1c(Cl)cccc1Cl. The Morgan fingerprint density at radius 3 is 2.35 bits per heavy atom. The minimum atomic E-state index is -3.56. The predicted octanol–water partition coefficient (Wildman–Crippen LogP) is 3.44. The lowest BCUT2D eigenvalue weighted by Gasteiger charge is -2.30. The van der Waals surface area contributed by atoms with Crippen LogP contribution in [-0.2, 0) is 16.6 Å². The van der Waals surface area contributed by atoms with Gasteiger partial charge >= 0.3 is 0 Å². The number of rotatable bonds is 5. The molecule has 176 valence electrons. The maximum atomic E-state index is 12.9. The summed E-state index contributed by atoms with van der Waals surface area (Å²) in [6.45, 7) is 0.867. The summed E-state index contributed by atoms with van der Waals surface area (Å²) in [7, 11) is -3.56. The molecule has 0 radical (unpaired) electrons. The molecule has 0 bridgehead atoms. The van der Waals surface area contributed by atoms with Crippen LogP contribution < -0.4 is 5.56 Å². The van der Waals surface area contributed by atoms with Crippen molar-refractivity contribution in [3.05, 3.63) is 80.3 Å². The average molecular weight is 519 g/mol. The maximum Gasteiger partial charge on any atom is 0.281 e. The molecule has 0 amide bonds. The third-order valence-electron chi connectivity index (χ3n) is 5.98. The number of piperidine rings is 1. The highest BCUT2D eigenvalue weighted by molar-refractivity contribution is 7.89. The van der Waals surface area contributed by atoms with Gasteiger partial charge in [-0.05, 0) is 37.1 Å². The van der Waals surface area contributed by atoms with E-state index in [4.69, 9.17) is 23.2 Å². The number of nitrogens with zero attached hydrogens (tertiary/aromatic N) is 5. The molecule has 0 saturated carbocycles. The number of benzene rings is 2. The number of aromatic amines is 1. The Kier molecular flexibility index (Phi) is 6.15. The molecule has 0 atom stereocenters. The van der Waals surface area contributed by atoms with Crippen molar-refractivity contribution >= 4 is 44.4 Å². The van der Waals surface area contributed by atoms with Crippen LogP contribution in [0.4, 0.5) is 0 Å². The van der Waals surface area contributed by atoms with Gasteiger partial charge < -0.3 is 4.98 Å². The number of aromatic nitrogens is 5. The third kappa shape index (κ3) is 4.22. The number of H-pyrrole nitrogens is 1. The molecule has 3 heterocycles. The summed E-state index contributed by atoms with van der Waals surface area (Å²) >= 11 is 12.6. The Morgan fingerprint density at radius 1 is 1.00 bits per heavy atom. The van der Waals surface area contributed by atoms with Gasteiger partial charge in [0.1, 0.15) is 5.82 Å². The van der Waals surface area contributed by atoms with E-state index in [0.717, 1.165) is 0 Å². The molecular weight excluding hydrogens is 499 g/mol. The van der Waals surface area contributed by atoms with Crippen molar-refractivity contribution in [1.29, 1.82) is 0 Å². The lowest BCUT2D eigenvalue weighted by atomic mass is 9.97. The first-order valence-electron chi connectivity index (χ1n) is 10.7. The summed E-state index contributed by atoms with van der Waals surface area (Å²) in [5.74, 6) is 0.384. The molecule has 0 aliphatic carbocycles. The molecule has 5 rings (SSSR count). The number of hydrogen-bond donors (Lipinski definition) is 1. The number of sulfonamides is 1. The predicted molar refractivity (Wildman–Crippen MR) is 129 cm³/mol. The second kappa shape index (κ2) is 9.10. The summed E-state index contributed by atoms with van der Waals surface area (Å²) < 4.78 is 28.8. The molecule has 9 nitrogen and oxygen atoms in total. The van der Waals surface area contributed by atoms with Crippen molar-refractivity contribution < 1.29 is 8.42 Å². The quantitative estimate of drug-likeness (QED) is 0.432. The second-order valence-electron chi connectivity index (χ2n) is 8.06. The van der Waals surface area contributed by atoms with Crippen LogP contribution in [0.15, 0.2) is 58.2 Å². The molecule has 0 unspecified atom stereocenters. The van der Waals surface area contributed by atoms with E-state index < -0.39 is 15.6 Å². The molecule has 1 N–H and O–H groups in total. The Labute approximate surface area is 205 Å². The molecular formula is C22H20Cl2N6O3S. The standard InChI is InChI=1S/C22H20Cl2N6O3S/c23-17-7-4-8-18(24)16(17)13-30-21-19(27-28-30)22(31)26-20(25-21)14-9-11-29(12-10-14)34(32,33)15-5-2-1-3-6-15/h1-8,14H,9-13H2,(H,25,26,31). The molecule has 1 fully saturated rings. The summed E-state index contributed by atoms with van der Waals surface area (Å²) in [6, 6.07) is 13.6. The van der Waals surface area contributed by atoms with E-state index in [1.54, 1.807) is 48.5 Å². The van der Waals surface area contributed by atoms with Gasteiger partial charge in [-0.1, -0.05) is 52.7 Å². The minimum absolute atomic E-state index is 0.105. The van der Waals surface area contributed by atoms with E-state index in [1.165, 1.54) is 8.99 Å². The van der Waals surface area contributed by atoms with E-state index in [1.807, 2.05) is 0 Å². The third-order valence-corrected chi connectivity index (χ3v) is 8.60. The van der Waals surface area contributed by atoms with Crippen molar-refractivity contribution in [2.75, 3.05) is 13.1 Å². The van der Waals surface area contributed by atoms with Gasteiger partial charge in [-0.2, -0.15) is 4.31 Å². The van der Waals surface area contributed by atoms with E-state index in [-0.39, 0.29) is 22.9 Å². The fourth-order valence-corrected chi connectivity index (χ4v) is 6.14. The van der Waals surface area contributed by atoms with Crippen molar-refractivity contribution in [3.8, 4) is 0 Å². The zero-order chi connectivity index (χ0) is 23.9. The van der Waals surface area contributed by atoms with Crippen LogP contribution in [0.1, 0.15) is 30.1 Å². The van der Waals surface area contributed by atoms with E-state index >= 15 is 0 Å². The fraction of sp³-hybridized carbons (Fsp3) is 0.273. The zero-order valence-corrected chi connectivity index (χ0v) is 20.2. The fourth-order valence-electron chi connectivity index (χ4n) is 4.13. The summed E-state index contributed by atoms with van der Waals surface area (Å²) in [5.41, 5.74) is 0.710. The van der Waals surface area contributed by atoms with Gasteiger partial charge in [0.15, 0.2) is 11.2 Å². The van der Waals surface area contributed by atoms with Crippen LogP contribution >= 0.6 is 23.2 Å². The van der Waals surface area contributed by atoms with Crippen molar-refractivity contribution in [1.82, 2.24) is 29.3 Å². The Bertz CT molecular complexity index is 1490. The monoisotopic (exact) mass is 518 g/mol. The van der Waals surface area contributed by atoms with Gasteiger partial charge in [0.25, 0.3) is 5.56 Å². The van der Waals surface area contributed by atoms with Gasteiger partial charge in [0, 0.05) is 34.6 Å². The average Bonchev–Trinajstić information content (AvgIpc) is 3.25. The summed E-state index contributed by atoms with van der Waals surface area (Å²) in [5, 5.41) is 9.01.